The minimum atomic E-state index is -0.510. The first-order valence-corrected chi connectivity index (χ1v) is 5.92. The van der Waals surface area contributed by atoms with Gasteiger partial charge >= 0.3 is 0 Å². The number of pyridine rings is 1. The number of nitrogens with zero attached hydrogens (tertiary/aromatic N) is 1. The Bertz CT molecular complexity index is 679. The molecule has 4 heteroatoms. The normalized spacial score (nSPS) is 18.1. The van der Waals surface area contributed by atoms with Gasteiger partial charge in [-0.15, -0.1) is 0 Å². The zero-order valence-electron chi connectivity index (χ0n) is 9.68. The predicted molar refractivity (Wildman–Crippen MR) is 70.9 cm³/mol. The molecule has 0 N–H and O–H groups in total. The lowest BCUT2D eigenvalue weighted by molar-refractivity contribution is 0.0717. The molecular weight excluding hydrogens is 250 g/mol. The molecule has 0 aliphatic heterocycles. The quantitative estimate of drug-likeness (QED) is 0.790. The van der Waals surface area contributed by atoms with Crippen molar-refractivity contribution in [2.45, 2.75) is 6.10 Å². The molecule has 0 fully saturated rings. The van der Waals surface area contributed by atoms with Crippen molar-refractivity contribution in [1.82, 2.24) is 4.98 Å². The molecule has 3 nitrogen and oxygen atoms in total. The zero-order chi connectivity index (χ0) is 12.7. The number of methoxy groups -OCH3 is 1. The third-order valence-electron chi connectivity index (χ3n) is 3.02. The van der Waals surface area contributed by atoms with Gasteiger partial charge in [0.05, 0.1) is 11.2 Å². The van der Waals surface area contributed by atoms with E-state index in [9.17, 15) is 4.79 Å². The molecule has 1 atom stereocenters. The molecule has 3 rings (SSSR count). The first kappa shape index (κ1) is 11.4. The summed E-state index contributed by atoms with van der Waals surface area (Å²) < 4.78 is 5.11. The fraction of sp³-hybridized carbons (Fsp3) is 0.143. The van der Waals surface area contributed by atoms with Crippen molar-refractivity contribution >= 4 is 34.4 Å². The van der Waals surface area contributed by atoms with E-state index in [1.165, 1.54) is 7.11 Å². The second kappa shape index (κ2) is 4.19. The highest BCUT2D eigenvalue weighted by Crippen LogP contribution is 2.25. The fourth-order valence-electron chi connectivity index (χ4n) is 2.08. The molecule has 2 aromatic rings. The summed E-state index contributed by atoms with van der Waals surface area (Å²) in [5, 5.41) is 1.53. The van der Waals surface area contributed by atoms with E-state index in [2.05, 4.69) is 4.98 Å². The number of halogens is 1. The number of hydrogen-bond donors (Lipinski definition) is 0. The number of benzene rings is 1. The van der Waals surface area contributed by atoms with E-state index >= 15 is 0 Å². The number of Topliss-reactive ketones (excluding diaryl/α,β-unsaturated/α-hetero) is 1. The van der Waals surface area contributed by atoms with Gasteiger partial charge in [-0.25, -0.2) is 4.98 Å². The SMILES string of the molecule is COC1C=Cc2nc3cc(Cl)ccc3cc2C1=O. The minimum absolute atomic E-state index is 0.0562. The van der Waals surface area contributed by atoms with E-state index < -0.39 is 6.10 Å². The molecule has 0 amide bonds. The van der Waals surface area contributed by atoms with Crippen molar-refractivity contribution in [3.8, 4) is 0 Å². The van der Waals surface area contributed by atoms with Crippen LogP contribution in [0.25, 0.3) is 17.0 Å². The van der Waals surface area contributed by atoms with Gasteiger partial charge < -0.3 is 4.74 Å². The molecule has 1 aliphatic carbocycles. The Balaban J connectivity index is 2.24. The van der Waals surface area contributed by atoms with Crippen LogP contribution in [0, 0.1) is 0 Å². The molecule has 0 saturated heterocycles. The van der Waals surface area contributed by atoms with Crippen LogP contribution < -0.4 is 0 Å². The third kappa shape index (κ3) is 1.72. The monoisotopic (exact) mass is 259 g/mol. The molecule has 1 aliphatic rings. The van der Waals surface area contributed by atoms with Gasteiger partial charge in [0, 0.05) is 23.1 Å². The summed E-state index contributed by atoms with van der Waals surface area (Å²) in [7, 11) is 1.52. The number of hydrogen-bond acceptors (Lipinski definition) is 3. The first-order chi connectivity index (χ1) is 8.69. The maximum atomic E-state index is 12.1. The Morgan fingerprint density at radius 3 is 2.94 bits per heavy atom. The van der Waals surface area contributed by atoms with Gasteiger partial charge in [0.25, 0.3) is 0 Å². The molecule has 90 valence electrons. The van der Waals surface area contributed by atoms with Gasteiger partial charge in [-0.2, -0.15) is 0 Å². The second-order valence-corrected chi connectivity index (χ2v) is 4.57. The number of fused-ring (bicyclic) bond motifs is 2. The summed E-state index contributed by atoms with van der Waals surface area (Å²) >= 11 is 5.93. The number of aromatic nitrogens is 1. The first-order valence-electron chi connectivity index (χ1n) is 5.54. The molecule has 1 unspecified atom stereocenters. The van der Waals surface area contributed by atoms with Gasteiger partial charge in [0.1, 0.15) is 6.10 Å². The van der Waals surface area contributed by atoms with Crippen LogP contribution in [0.3, 0.4) is 0 Å². The van der Waals surface area contributed by atoms with Crippen molar-refractivity contribution < 1.29 is 9.53 Å². The number of ketones is 1. The summed E-state index contributed by atoms with van der Waals surface area (Å²) in [5.41, 5.74) is 2.05. The summed E-state index contributed by atoms with van der Waals surface area (Å²) in [6, 6.07) is 7.27. The minimum Gasteiger partial charge on any atom is -0.369 e. The molecule has 0 saturated carbocycles. The van der Waals surface area contributed by atoms with Gasteiger partial charge in [-0.05, 0) is 30.4 Å². The van der Waals surface area contributed by atoms with Crippen LogP contribution >= 0.6 is 11.6 Å². The van der Waals surface area contributed by atoms with Crippen LogP contribution in [0.15, 0.2) is 30.3 Å². The number of carbonyl (C=O) groups is 1. The van der Waals surface area contributed by atoms with Crippen LogP contribution in [0.4, 0.5) is 0 Å². The lowest BCUT2D eigenvalue weighted by Gasteiger charge is -2.16. The summed E-state index contributed by atoms with van der Waals surface area (Å²) in [4.78, 5) is 16.6. The molecule has 0 bridgehead atoms. The van der Waals surface area contributed by atoms with Crippen molar-refractivity contribution in [2.75, 3.05) is 7.11 Å². The summed E-state index contributed by atoms with van der Waals surface area (Å²) in [6.07, 6.45) is 3.02. The number of rotatable bonds is 1. The average Bonchev–Trinajstić information content (AvgIpc) is 2.37. The van der Waals surface area contributed by atoms with Gasteiger partial charge in [-0.3, -0.25) is 4.79 Å². The van der Waals surface area contributed by atoms with E-state index in [-0.39, 0.29) is 5.78 Å². The Kier molecular flexibility index (Phi) is 2.65. The van der Waals surface area contributed by atoms with Crippen molar-refractivity contribution in [1.29, 1.82) is 0 Å². The molecule has 18 heavy (non-hydrogen) atoms. The van der Waals surface area contributed by atoms with Crippen LogP contribution in [-0.2, 0) is 4.74 Å². The zero-order valence-corrected chi connectivity index (χ0v) is 10.4. The second-order valence-electron chi connectivity index (χ2n) is 4.14. The standard InChI is InChI=1S/C14H10ClNO2/c1-18-13-5-4-11-10(14(13)17)6-8-2-3-9(15)7-12(8)16-11/h2-7,13H,1H3. The van der Waals surface area contributed by atoms with Crippen LogP contribution in [0.5, 0.6) is 0 Å². The molecule has 1 aromatic carbocycles. The van der Waals surface area contributed by atoms with E-state index in [1.54, 1.807) is 18.2 Å². The fourth-order valence-corrected chi connectivity index (χ4v) is 2.25. The molecule has 1 aromatic heterocycles. The van der Waals surface area contributed by atoms with E-state index in [1.807, 2.05) is 18.2 Å². The Labute approximate surface area is 109 Å². The summed E-state index contributed by atoms with van der Waals surface area (Å²) in [5.74, 6) is -0.0562. The van der Waals surface area contributed by atoms with Crippen molar-refractivity contribution in [2.24, 2.45) is 0 Å². The molecular formula is C14H10ClNO2. The Hall–Kier alpha value is -1.71. The lowest BCUT2D eigenvalue weighted by Crippen LogP contribution is -2.24. The maximum Gasteiger partial charge on any atom is 0.197 e. The van der Waals surface area contributed by atoms with Crippen LogP contribution in [-0.4, -0.2) is 24.0 Å². The highest BCUT2D eigenvalue weighted by atomic mass is 35.5. The number of carbonyl (C=O) groups excluding carboxylic acids is 1. The maximum absolute atomic E-state index is 12.1. The Morgan fingerprint density at radius 1 is 1.33 bits per heavy atom. The smallest absolute Gasteiger partial charge is 0.197 e. The molecule has 0 radical (unpaired) electrons. The topological polar surface area (TPSA) is 39.2 Å². The number of ether oxygens (including phenoxy) is 1. The van der Waals surface area contributed by atoms with E-state index in [0.717, 1.165) is 10.9 Å². The van der Waals surface area contributed by atoms with Gasteiger partial charge in [0.15, 0.2) is 5.78 Å². The van der Waals surface area contributed by atoms with Crippen LogP contribution in [0.1, 0.15) is 16.1 Å². The van der Waals surface area contributed by atoms with Crippen LogP contribution in [0.2, 0.25) is 5.02 Å². The molecule has 1 heterocycles. The lowest BCUT2D eigenvalue weighted by atomic mass is 9.97. The van der Waals surface area contributed by atoms with Crippen molar-refractivity contribution in [3.63, 3.8) is 0 Å². The average molecular weight is 260 g/mol. The Morgan fingerprint density at radius 2 is 2.17 bits per heavy atom. The largest absolute Gasteiger partial charge is 0.369 e. The molecule has 0 spiro atoms. The van der Waals surface area contributed by atoms with Gasteiger partial charge in [-0.1, -0.05) is 17.7 Å². The third-order valence-corrected chi connectivity index (χ3v) is 3.25. The van der Waals surface area contributed by atoms with Crippen molar-refractivity contribution in [3.05, 3.63) is 46.6 Å². The predicted octanol–water partition coefficient (Wildman–Crippen LogP) is 3.11. The summed E-state index contributed by atoms with van der Waals surface area (Å²) in [6.45, 7) is 0. The van der Waals surface area contributed by atoms with E-state index in [0.29, 0.717) is 16.3 Å². The van der Waals surface area contributed by atoms with Gasteiger partial charge in [0.2, 0.25) is 0 Å². The highest BCUT2D eigenvalue weighted by Gasteiger charge is 2.24. The highest BCUT2D eigenvalue weighted by molar-refractivity contribution is 6.31. The van der Waals surface area contributed by atoms with E-state index in [4.69, 9.17) is 16.3 Å².